The van der Waals surface area contributed by atoms with E-state index in [9.17, 15) is 9.59 Å². The Kier molecular flexibility index (Phi) is 6.01. The van der Waals surface area contributed by atoms with Gasteiger partial charge in [-0.15, -0.1) is 0 Å². The van der Waals surface area contributed by atoms with Gasteiger partial charge in [0, 0.05) is 52.7 Å². The van der Waals surface area contributed by atoms with Crippen molar-refractivity contribution in [2.45, 2.75) is 12.8 Å². The second kappa shape index (κ2) is 8.62. The Bertz CT molecular complexity index is 794. The van der Waals surface area contributed by atoms with Crippen LogP contribution in [0.25, 0.3) is 0 Å². The van der Waals surface area contributed by atoms with Crippen molar-refractivity contribution < 1.29 is 9.59 Å². The zero-order chi connectivity index (χ0) is 19.2. The third-order valence-corrected chi connectivity index (χ3v) is 4.61. The Morgan fingerprint density at radius 3 is 2.67 bits per heavy atom. The van der Waals surface area contributed by atoms with E-state index in [-0.39, 0.29) is 11.8 Å². The first kappa shape index (κ1) is 18.8. The summed E-state index contributed by atoms with van der Waals surface area (Å²) >= 11 is 0. The molecule has 0 bridgehead atoms. The lowest BCUT2D eigenvalue weighted by Crippen LogP contribution is -2.36. The fourth-order valence-corrected chi connectivity index (χ4v) is 3.13. The van der Waals surface area contributed by atoms with Gasteiger partial charge >= 0.3 is 0 Å². The third kappa shape index (κ3) is 4.81. The third-order valence-electron chi connectivity index (χ3n) is 4.61. The first-order valence-electron chi connectivity index (χ1n) is 9.15. The van der Waals surface area contributed by atoms with Crippen LogP contribution in [0.15, 0.2) is 42.7 Å². The summed E-state index contributed by atoms with van der Waals surface area (Å²) in [6.07, 6.45) is 4.68. The topological polar surface area (TPSA) is 69.6 Å². The molecule has 2 amide bonds. The van der Waals surface area contributed by atoms with Gasteiger partial charge in [-0.3, -0.25) is 14.6 Å². The summed E-state index contributed by atoms with van der Waals surface area (Å²) in [7, 11) is 3.43. The maximum atomic E-state index is 12.6. The maximum absolute atomic E-state index is 12.6. The van der Waals surface area contributed by atoms with E-state index in [1.807, 2.05) is 29.2 Å². The normalized spacial score (nSPS) is 14.6. The number of amides is 2. The minimum atomic E-state index is -0.111. The van der Waals surface area contributed by atoms with Gasteiger partial charge in [-0.05, 0) is 30.2 Å². The van der Waals surface area contributed by atoms with Crippen molar-refractivity contribution >= 4 is 17.6 Å². The first-order chi connectivity index (χ1) is 13.0. The predicted molar refractivity (Wildman–Crippen MR) is 104 cm³/mol. The van der Waals surface area contributed by atoms with Crippen molar-refractivity contribution in [3.8, 4) is 0 Å². The van der Waals surface area contributed by atoms with Gasteiger partial charge in [0.25, 0.3) is 5.91 Å². The number of carbonyl (C=O) groups is 2. The number of nitrogens with zero attached hydrogens (tertiary/aromatic N) is 5. The lowest BCUT2D eigenvalue weighted by molar-refractivity contribution is -0.130. The minimum Gasteiger partial charge on any atom is -0.355 e. The van der Waals surface area contributed by atoms with Crippen LogP contribution in [-0.4, -0.2) is 71.9 Å². The van der Waals surface area contributed by atoms with E-state index in [4.69, 9.17) is 0 Å². The highest BCUT2D eigenvalue weighted by Crippen LogP contribution is 2.16. The van der Waals surface area contributed by atoms with Gasteiger partial charge in [-0.2, -0.15) is 0 Å². The summed E-state index contributed by atoms with van der Waals surface area (Å²) in [5.74, 6) is 0.790. The highest BCUT2D eigenvalue weighted by atomic mass is 16.2. The number of rotatable bonds is 4. The van der Waals surface area contributed by atoms with Crippen LogP contribution in [-0.2, 0) is 11.2 Å². The van der Waals surface area contributed by atoms with Crippen LogP contribution < -0.4 is 4.90 Å². The fourth-order valence-electron chi connectivity index (χ4n) is 3.13. The van der Waals surface area contributed by atoms with Gasteiger partial charge in [0.1, 0.15) is 11.5 Å². The molecule has 0 spiro atoms. The van der Waals surface area contributed by atoms with E-state index in [1.165, 1.54) is 4.90 Å². The van der Waals surface area contributed by atoms with Gasteiger partial charge in [-0.1, -0.05) is 12.1 Å². The van der Waals surface area contributed by atoms with Gasteiger partial charge in [0.05, 0.1) is 6.42 Å². The molecular formula is C20H25N5O2. The maximum Gasteiger partial charge on any atom is 0.272 e. The summed E-state index contributed by atoms with van der Waals surface area (Å²) in [6, 6.07) is 9.27. The fraction of sp³-hybridized carbons (Fsp3) is 0.400. The monoisotopic (exact) mass is 367 g/mol. The summed E-state index contributed by atoms with van der Waals surface area (Å²) in [6.45, 7) is 2.88. The van der Waals surface area contributed by atoms with Crippen molar-refractivity contribution in [1.82, 2.24) is 19.8 Å². The van der Waals surface area contributed by atoms with Crippen molar-refractivity contribution in [2.75, 3.05) is 45.2 Å². The number of aromatic nitrogens is 2. The molecule has 1 aliphatic heterocycles. The van der Waals surface area contributed by atoms with E-state index in [2.05, 4.69) is 14.9 Å². The number of hydrogen-bond acceptors (Lipinski definition) is 5. The molecular weight excluding hydrogens is 342 g/mol. The van der Waals surface area contributed by atoms with Crippen LogP contribution in [0.4, 0.5) is 5.82 Å². The molecule has 7 heteroatoms. The predicted octanol–water partition coefficient (Wildman–Crippen LogP) is 1.46. The lowest BCUT2D eigenvalue weighted by atomic mass is 10.2. The molecule has 1 saturated heterocycles. The van der Waals surface area contributed by atoms with E-state index in [1.54, 1.807) is 32.6 Å². The lowest BCUT2D eigenvalue weighted by Gasteiger charge is -2.23. The van der Waals surface area contributed by atoms with Crippen molar-refractivity contribution in [3.05, 3.63) is 54.0 Å². The number of hydrogen-bond donors (Lipinski definition) is 0. The number of carbonyl (C=O) groups excluding carboxylic acids is 2. The highest BCUT2D eigenvalue weighted by molar-refractivity contribution is 5.92. The average molecular weight is 367 g/mol. The summed E-state index contributed by atoms with van der Waals surface area (Å²) < 4.78 is 0. The first-order valence-corrected chi connectivity index (χ1v) is 9.15. The Labute approximate surface area is 159 Å². The second-order valence-electron chi connectivity index (χ2n) is 6.84. The standard InChI is InChI=1S/C20H25N5O2/c1-23(2)20(27)17-7-3-8-18(22-17)24-10-5-11-25(13-12-24)19(26)14-16-6-4-9-21-15-16/h3-4,6-9,15H,5,10-14H2,1-2H3. The van der Waals surface area contributed by atoms with E-state index < -0.39 is 0 Å². The molecule has 27 heavy (non-hydrogen) atoms. The second-order valence-corrected chi connectivity index (χ2v) is 6.84. The molecule has 142 valence electrons. The minimum absolute atomic E-state index is 0.111. The zero-order valence-electron chi connectivity index (χ0n) is 15.8. The smallest absolute Gasteiger partial charge is 0.272 e. The van der Waals surface area contributed by atoms with Gasteiger partial charge in [0.2, 0.25) is 5.91 Å². The molecule has 0 aliphatic carbocycles. The summed E-state index contributed by atoms with van der Waals surface area (Å²) in [5, 5.41) is 0. The Balaban J connectivity index is 1.64. The SMILES string of the molecule is CN(C)C(=O)c1cccc(N2CCCN(C(=O)Cc3cccnc3)CC2)n1. The van der Waals surface area contributed by atoms with Gasteiger partial charge in [0.15, 0.2) is 0 Å². The number of anilines is 1. The van der Waals surface area contributed by atoms with Crippen molar-refractivity contribution in [3.63, 3.8) is 0 Å². The molecule has 7 nitrogen and oxygen atoms in total. The summed E-state index contributed by atoms with van der Waals surface area (Å²) in [4.78, 5) is 38.9. The van der Waals surface area contributed by atoms with Gasteiger partial charge < -0.3 is 14.7 Å². The molecule has 0 saturated carbocycles. The van der Waals surface area contributed by atoms with Crippen LogP contribution in [0.5, 0.6) is 0 Å². The Morgan fingerprint density at radius 2 is 1.93 bits per heavy atom. The average Bonchev–Trinajstić information content (AvgIpc) is 2.94. The van der Waals surface area contributed by atoms with Gasteiger partial charge in [-0.25, -0.2) is 4.98 Å². The van der Waals surface area contributed by atoms with Crippen molar-refractivity contribution in [1.29, 1.82) is 0 Å². The molecule has 1 aliphatic rings. The Morgan fingerprint density at radius 1 is 1.07 bits per heavy atom. The number of pyridine rings is 2. The molecule has 0 N–H and O–H groups in total. The molecule has 2 aromatic heterocycles. The Hall–Kier alpha value is -2.96. The van der Waals surface area contributed by atoms with Crippen LogP contribution in [0.1, 0.15) is 22.5 Å². The van der Waals surface area contributed by atoms with Crippen LogP contribution >= 0.6 is 0 Å². The highest BCUT2D eigenvalue weighted by Gasteiger charge is 2.21. The molecule has 0 atom stereocenters. The van der Waals surface area contributed by atoms with Crippen LogP contribution in [0.3, 0.4) is 0 Å². The van der Waals surface area contributed by atoms with E-state index in [0.717, 1.165) is 30.9 Å². The molecule has 0 unspecified atom stereocenters. The largest absolute Gasteiger partial charge is 0.355 e. The molecule has 3 heterocycles. The van der Waals surface area contributed by atoms with E-state index >= 15 is 0 Å². The molecule has 3 rings (SSSR count). The zero-order valence-corrected chi connectivity index (χ0v) is 15.8. The van der Waals surface area contributed by atoms with Crippen molar-refractivity contribution in [2.24, 2.45) is 0 Å². The summed E-state index contributed by atoms with van der Waals surface area (Å²) in [5.41, 5.74) is 1.37. The van der Waals surface area contributed by atoms with Crippen LogP contribution in [0.2, 0.25) is 0 Å². The quantitative estimate of drug-likeness (QED) is 0.818. The van der Waals surface area contributed by atoms with E-state index in [0.29, 0.717) is 25.2 Å². The molecule has 0 aromatic carbocycles. The molecule has 1 fully saturated rings. The molecule has 2 aromatic rings. The van der Waals surface area contributed by atoms with Crippen LogP contribution in [0, 0.1) is 0 Å². The molecule has 0 radical (unpaired) electrons.